The number of nitrogens with one attached hydrogen (secondary N) is 1. The summed E-state index contributed by atoms with van der Waals surface area (Å²) in [7, 11) is 0. The Hall–Kier alpha value is -0.0800. The SMILES string of the molecule is CC1CCC(CCNCC(C)(C)O)CC1. The van der Waals surface area contributed by atoms with E-state index < -0.39 is 5.60 Å². The summed E-state index contributed by atoms with van der Waals surface area (Å²) in [6, 6.07) is 0. The highest BCUT2D eigenvalue weighted by atomic mass is 16.3. The normalized spacial score (nSPS) is 28.0. The highest BCUT2D eigenvalue weighted by molar-refractivity contribution is 4.72. The van der Waals surface area contributed by atoms with E-state index >= 15 is 0 Å². The third-order valence-corrected chi connectivity index (χ3v) is 3.42. The molecule has 0 radical (unpaired) electrons. The van der Waals surface area contributed by atoms with Gasteiger partial charge in [0.25, 0.3) is 0 Å². The molecule has 0 unspecified atom stereocenters. The van der Waals surface area contributed by atoms with Crippen LogP contribution in [0.25, 0.3) is 0 Å². The first-order valence-corrected chi connectivity index (χ1v) is 6.40. The average molecular weight is 213 g/mol. The molecule has 2 heteroatoms. The van der Waals surface area contributed by atoms with Crippen molar-refractivity contribution in [2.24, 2.45) is 11.8 Å². The van der Waals surface area contributed by atoms with Crippen LogP contribution in [0, 0.1) is 11.8 Å². The first-order valence-electron chi connectivity index (χ1n) is 6.40. The molecule has 0 spiro atoms. The molecular formula is C13H27NO. The minimum atomic E-state index is -0.568. The Kier molecular flexibility index (Phi) is 5.07. The van der Waals surface area contributed by atoms with E-state index in [1.807, 2.05) is 13.8 Å². The number of hydrogen-bond acceptors (Lipinski definition) is 2. The number of aliphatic hydroxyl groups is 1. The third-order valence-electron chi connectivity index (χ3n) is 3.42. The molecule has 0 aromatic rings. The molecule has 1 aliphatic rings. The van der Waals surface area contributed by atoms with Crippen molar-refractivity contribution in [2.45, 2.75) is 58.5 Å². The Morgan fingerprint density at radius 1 is 1.20 bits per heavy atom. The zero-order chi connectivity index (χ0) is 11.3. The van der Waals surface area contributed by atoms with Gasteiger partial charge >= 0.3 is 0 Å². The summed E-state index contributed by atoms with van der Waals surface area (Å²) in [4.78, 5) is 0. The molecule has 1 rings (SSSR count). The van der Waals surface area contributed by atoms with E-state index in [-0.39, 0.29) is 0 Å². The summed E-state index contributed by atoms with van der Waals surface area (Å²) in [5, 5.41) is 12.9. The molecule has 2 nitrogen and oxygen atoms in total. The van der Waals surface area contributed by atoms with Crippen molar-refractivity contribution < 1.29 is 5.11 Å². The van der Waals surface area contributed by atoms with Gasteiger partial charge in [-0.25, -0.2) is 0 Å². The summed E-state index contributed by atoms with van der Waals surface area (Å²) in [6.45, 7) is 7.83. The van der Waals surface area contributed by atoms with Gasteiger partial charge in [0.1, 0.15) is 0 Å². The maximum absolute atomic E-state index is 9.53. The predicted octanol–water partition coefficient (Wildman–Crippen LogP) is 2.56. The Labute approximate surface area is 94.5 Å². The van der Waals surface area contributed by atoms with Gasteiger partial charge in [-0.05, 0) is 38.6 Å². The molecule has 0 aliphatic heterocycles. The lowest BCUT2D eigenvalue weighted by Gasteiger charge is -2.26. The van der Waals surface area contributed by atoms with E-state index in [0.29, 0.717) is 6.54 Å². The zero-order valence-electron chi connectivity index (χ0n) is 10.6. The molecule has 0 aromatic heterocycles. The largest absolute Gasteiger partial charge is 0.389 e. The molecule has 0 saturated heterocycles. The fourth-order valence-electron chi connectivity index (χ4n) is 2.32. The van der Waals surface area contributed by atoms with Gasteiger partial charge < -0.3 is 10.4 Å². The number of hydrogen-bond donors (Lipinski definition) is 2. The highest BCUT2D eigenvalue weighted by Gasteiger charge is 2.18. The van der Waals surface area contributed by atoms with Crippen molar-refractivity contribution in [2.75, 3.05) is 13.1 Å². The maximum atomic E-state index is 9.53. The lowest BCUT2D eigenvalue weighted by molar-refractivity contribution is 0.0793. The van der Waals surface area contributed by atoms with Crippen LogP contribution in [0.2, 0.25) is 0 Å². The van der Waals surface area contributed by atoms with E-state index in [0.717, 1.165) is 18.4 Å². The molecule has 0 atom stereocenters. The Morgan fingerprint density at radius 3 is 2.33 bits per heavy atom. The van der Waals surface area contributed by atoms with Crippen molar-refractivity contribution in [1.82, 2.24) is 5.32 Å². The Morgan fingerprint density at radius 2 is 1.80 bits per heavy atom. The molecule has 0 bridgehead atoms. The van der Waals surface area contributed by atoms with Gasteiger partial charge in [0, 0.05) is 6.54 Å². The standard InChI is InChI=1S/C13H27NO/c1-11-4-6-12(7-5-11)8-9-14-10-13(2,3)15/h11-12,14-15H,4-10H2,1-3H3. The summed E-state index contributed by atoms with van der Waals surface area (Å²) < 4.78 is 0. The van der Waals surface area contributed by atoms with Crippen LogP contribution in [0.15, 0.2) is 0 Å². The lowest BCUT2D eigenvalue weighted by atomic mass is 9.81. The van der Waals surface area contributed by atoms with Crippen LogP contribution in [0.1, 0.15) is 52.9 Å². The molecule has 0 aromatic carbocycles. The quantitative estimate of drug-likeness (QED) is 0.688. The fraction of sp³-hybridized carbons (Fsp3) is 1.00. The first kappa shape index (κ1) is 13.0. The van der Waals surface area contributed by atoms with Crippen molar-refractivity contribution in [3.8, 4) is 0 Å². The molecule has 1 aliphatic carbocycles. The van der Waals surface area contributed by atoms with Gasteiger partial charge in [-0.3, -0.25) is 0 Å². The Bertz CT molecular complexity index is 166. The minimum absolute atomic E-state index is 0.568. The molecule has 1 fully saturated rings. The summed E-state index contributed by atoms with van der Waals surface area (Å²) in [6.07, 6.45) is 6.92. The molecule has 15 heavy (non-hydrogen) atoms. The average Bonchev–Trinajstić information content (AvgIpc) is 2.14. The van der Waals surface area contributed by atoms with E-state index in [1.165, 1.54) is 32.1 Å². The van der Waals surface area contributed by atoms with Gasteiger partial charge in [0.15, 0.2) is 0 Å². The van der Waals surface area contributed by atoms with Crippen LogP contribution in [-0.4, -0.2) is 23.8 Å². The topological polar surface area (TPSA) is 32.3 Å². The van der Waals surface area contributed by atoms with Crippen LogP contribution in [0.4, 0.5) is 0 Å². The summed E-state index contributed by atoms with van der Waals surface area (Å²) in [5.74, 6) is 1.88. The van der Waals surface area contributed by atoms with Crippen LogP contribution in [-0.2, 0) is 0 Å². The van der Waals surface area contributed by atoms with Crippen molar-refractivity contribution in [3.05, 3.63) is 0 Å². The monoisotopic (exact) mass is 213 g/mol. The second-order valence-corrected chi connectivity index (χ2v) is 5.90. The van der Waals surface area contributed by atoms with Gasteiger partial charge in [0.05, 0.1) is 5.60 Å². The molecule has 90 valence electrons. The second kappa shape index (κ2) is 5.86. The lowest BCUT2D eigenvalue weighted by Crippen LogP contribution is -2.35. The summed E-state index contributed by atoms with van der Waals surface area (Å²) in [5.41, 5.74) is -0.568. The molecule has 0 amide bonds. The molecule has 2 N–H and O–H groups in total. The zero-order valence-corrected chi connectivity index (χ0v) is 10.6. The van der Waals surface area contributed by atoms with Gasteiger partial charge in [-0.2, -0.15) is 0 Å². The van der Waals surface area contributed by atoms with Gasteiger partial charge in [-0.15, -0.1) is 0 Å². The van der Waals surface area contributed by atoms with Crippen LogP contribution in [0.5, 0.6) is 0 Å². The van der Waals surface area contributed by atoms with E-state index in [1.54, 1.807) is 0 Å². The van der Waals surface area contributed by atoms with Gasteiger partial charge in [0.2, 0.25) is 0 Å². The summed E-state index contributed by atoms with van der Waals surface area (Å²) >= 11 is 0. The molecular weight excluding hydrogens is 186 g/mol. The first-order chi connectivity index (χ1) is 6.97. The van der Waals surface area contributed by atoms with Crippen LogP contribution < -0.4 is 5.32 Å². The fourth-order valence-corrected chi connectivity index (χ4v) is 2.32. The molecule has 1 saturated carbocycles. The highest BCUT2D eigenvalue weighted by Crippen LogP contribution is 2.29. The van der Waals surface area contributed by atoms with Gasteiger partial charge in [-0.1, -0.05) is 32.6 Å². The van der Waals surface area contributed by atoms with Crippen molar-refractivity contribution >= 4 is 0 Å². The molecule has 0 heterocycles. The van der Waals surface area contributed by atoms with Crippen molar-refractivity contribution in [3.63, 3.8) is 0 Å². The van der Waals surface area contributed by atoms with Crippen LogP contribution >= 0.6 is 0 Å². The second-order valence-electron chi connectivity index (χ2n) is 5.90. The van der Waals surface area contributed by atoms with E-state index in [2.05, 4.69) is 12.2 Å². The minimum Gasteiger partial charge on any atom is -0.389 e. The van der Waals surface area contributed by atoms with Crippen molar-refractivity contribution in [1.29, 1.82) is 0 Å². The Balaban J connectivity index is 2.01. The third kappa shape index (κ3) is 6.16. The smallest absolute Gasteiger partial charge is 0.0715 e. The van der Waals surface area contributed by atoms with E-state index in [4.69, 9.17) is 0 Å². The van der Waals surface area contributed by atoms with Crippen LogP contribution in [0.3, 0.4) is 0 Å². The van der Waals surface area contributed by atoms with E-state index in [9.17, 15) is 5.11 Å². The maximum Gasteiger partial charge on any atom is 0.0715 e. The predicted molar refractivity (Wildman–Crippen MR) is 64.9 cm³/mol. The number of rotatable bonds is 5.